The summed E-state index contributed by atoms with van der Waals surface area (Å²) < 4.78 is 55.8. The Kier molecular flexibility index (Phi) is 6.81. The first kappa shape index (κ1) is 25.7. The Labute approximate surface area is 209 Å². The molecule has 2 aliphatic heterocycles. The maximum Gasteiger partial charge on any atom is 0.430 e. The van der Waals surface area contributed by atoms with Crippen molar-refractivity contribution in [2.24, 2.45) is 5.41 Å². The molecule has 2 aromatic carbocycles. The molecule has 2 N–H and O–H groups in total. The van der Waals surface area contributed by atoms with Crippen LogP contribution in [0.2, 0.25) is 10.0 Å². The lowest BCUT2D eigenvalue weighted by Crippen LogP contribution is -2.59. The van der Waals surface area contributed by atoms with E-state index in [4.69, 9.17) is 23.2 Å². The maximum absolute atomic E-state index is 14.1. The van der Waals surface area contributed by atoms with E-state index in [-0.39, 0.29) is 54.2 Å². The van der Waals surface area contributed by atoms with Gasteiger partial charge in [0, 0.05) is 47.6 Å². The van der Waals surface area contributed by atoms with Crippen molar-refractivity contribution in [2.75, 3.05) is 19.6 Å². The van der Waals surface area contributed by atoms with E-state index in [0.717, 1.165) is 22.6 Å². The first-order chi connectivity index (χ1) is 16.4. The topological polar surface area (TPSA) is 69.6 Å². The molecule has 0 aliphatic carbocycles. The van der Waals surface area contributed by atoms with Crippen LogP contribution in [0.3, 0.4) is 0 Å². The summed E-state index contributed by atoms with van der Waals surface area (Å²) in [6, 6.07) is 8.81. The summed E-state index contributed by atoms with van der Waals surface area (Å²) >= 11 is 11.7. The van der Waals surface area contributed by atoms with E-state index in [0.29, 0.717) is 6.54 Å². The van der Waals surface area contributed by atoms with Crippen molar-refractivity contribution in [1.29, 1.82) is 0 Å². The van der Waals surface area contributed by atoms with Gasteiger partial charge in [-0.05, 0) is 54.2 Å². The molecular formula is C24H22Cl2F4N2O3. The van der Waals surface area contributed by atoms with Gasteiger partial charge in [-0.1, -0.05) is 35.3 Å². The van der Waals surface area contributed by atoms with Gasteiger partial charge in [-0.3, -0.25) is 9.59 Å². The highest BCUT2D eigenvalue weighted by Crippen LogP contribution is 2.50. The van der Waals surface area contributed by atoms with E-state index < -0.39 is 34.5 Å². The van der Waals surface area contributed by atoms with E-state index in [9.17, 15) is 32.3 Å². The van der Waals surface area contributed by atoms with Crippen LogP contribution >= 0.6 is 23.2 Å². The van der Waals surface area contributed by atoms with Crippen molar-refractivity contribution < 1.29 is 32.3 Å². The number of hydrogen-bond acceptors (Lipinski definition) is 3. The molecule has 2 amide bonds. The van der Waals surface area contributed by atoms with Gasteiger partial charge in [-0.15, -0.1) is 0 Å². The van der Waals surface area contributed by atoms with Crippen molar-refractivity contribution in [1.82, 2.24) is 10.2 Å². The third-order valence-electron chi connectivity index (χ3n) is 7.07. The van der Waals surface area contributed by atoms with Crippen molar-refractivity contribution in [3.63, 3.8) is 0 Å². The van der Waals surface area contributed by atoms with Gasteiger partial charge in [0.15, 0.2) is 0 Å². The van der Waals surface area contributed by atoms with E-state index in [1.165, 1.54) is 18.2 Å². The van der Waals surface area contributed by atoms with Gasteiger partial charge in [-0.25, -0.2) is 4.39 Å². The molecule has 0 bridgehead atoms. The highest BCUT2D eigenvalue weighted by molar-refractivity contribution is 6.34. The van der Waals surface area contributed by atoms with Crippen molar-refractivity contribution >= 4 is 35.0 Å². The number of hydrogen-bond donors (Lipinski definition) is 2. The molecule has 2 atom stereocenters. The molecule has 35 heavy (non-hydrogen) atoms. The smallest absolute Gasteiger partial charge is 0.368 e. The van der Waals surface area contributed by atoms with Crippen LogP contribution in [-0.2, 0) is 15.2 Å². The van der Waals surface area contributed by atoms with Crippen LogP contribution < -0.4 is 5.32 Å². The largest absolute Gasteiger partial charge is 0.430 e. The number of nitrogens with one attached hydrogen (secondary N) is 1. The summed E-state index contributed by atoms with van der Waals surface area (Å²) in [7, 11) is 0. The van der Waals surface area contributed by atoms with Crippen LogP contribution in [0.15, 0.2) is 42.5 Å². The molecule has 2 aliphatic rings. The second-order valence-corrected chi connectivity index (χ2v) is 9.98. The zero-order chi connectivity index (χ0) is 25.6. The zero-order valence-corrected chi connectivity index (χ0v) is 19.9. The Morgan fingerprint density at radius 3 is 2.17 bits per heavy atom. The fraction of sp³-hybridized carbons (Fsp3) is 0.417. The monoisotopic (exact) mass is 532 g/mol. The van der Waals surface area contributed by atoms with Crippen LogP contribution in [-0.4, -0.2) is 47.6 Å². The summed E-state index contributed by atoms with van der Waals surface area (Å²) in [5, 5.41) is 13.2. The quantitative estimate of drug-likeness (QED) is 0.558. The number of carbonyl (C=O) groups is 2. The lowest BCUT2D eigenvalue weighted by molar-refractivity contribution is -0.262. The van der Waals surface area contributed by atoms with Crippen LogP contribution in [0.4, 0.5) is 17.6 Å². The highest BCUT2D eigenvalue weighted by Gasteiger charge is 2.63. The Morgan fingerprint density at radius 2 is 1.63 bits per heavy atom. The summed E-state index contributed by atoms with van der Waals surface area (Å²) in [4.78, 5) is 26.4. The number of piperidine rings is 2. The molecular weight excluding hydrogens is 511 g/mol. The molecule has 0 aromatic heterocycles. The molecule has 5 nitrogen and oxygen atoms in total. The van der Waals surface area contributed by atoms with Crippen LogP contribution in [0, 0.1) is 11.2 Å². The fourth-order valence-electron chi connectivity index (χ4n) is 5.18. The zero-order valence-electron chi connectivity index (χ0n) is 18.3. The molecule has 0 radical (unpaired) electrons. The Hall–Kier alpha value is -2.36. The Bertz CT molecular complexity index is 1110. The van der Waals surface area contributed by atoms with Gasteiger partial charge < -0.3 is 15.3 Å². The van der Waals surface area contributed by atoms with E-state index in [1.54, 1.807) is 12.1 Å². The predicted octanol–water partition coefficient (Wildman–Crippen LogP) is 4.79. The van der Waals surface area contributed by atoms with Crippen LogP contribution in [0.1, 0.15) is 36.3 Å². The van der Waals surface area contributed by atoms with Crippen molar-refractivity contribution in [3.8, 4) is 0 Å². The van der Waals surface area contributed by atoms with Crippen molar-refractivity contribution in [2.45, 2.75) is 37.0 Å². The van der Waals surface area contributed by atoms with E-state index >= 15 is 0 Å². The van der Waals surface area contributed by atoms with Crippen LogP contribution in [0.25, 0.3) is 0 Å². The molecule has 2 heterocycles. The Balaban J connectivity index is 1.62. The number of halogens is 6. The van der Waals surface area contributed by atoms with E-state index in [1.807, 2.05) is 0 Å². The molecule has 2 fully saturated rings. The number of nitrogens with zero attached hydrogens (tertiary/aromatic N) is 1. The van der Waals surface area contributed by atoms with Gasteiger partial charge in [0.1, 0.15) is 5.82 Å². The standard InChI is InChI=1S/C24H22Cl2F4N2O3/c25-16-9-15(10-17(26)11-16)23(35,24(28,29)30)21(34)32-7-5-22(6-8-32)12-20(33)31-13-19(22)14-1-3-18(27)4-2-14/h1-4,9-11,19,35H,5-8,12-13H2,(H,31,33)/t19-,23-/m0/s1. The average molecular weight is 533 g/mol. The number of aliphatic hydroxyl groups is 1. The van der Waals surface area contributed by atoms with Gasteiger partial charge in [0.05, 0.1) is 0 Å². The first-order valence-electron chi connectivity index (χ1n) is 10.9. The second-order valence-electron chi connectivity index (χ2n) is 9.11. The molecule has 188 valence electrons. The lowest BCUT2D eigenvalue weighted by Gasteiger charge is -2.50. The molecule has 0 unspecified atom stereocenters. The number of likely N-dealkylation sites (tertiary alicyclic amines) is 1. The molecule has 0 saturated carbocycles. The van der Waals surface area contributed by atoms with Gasteiger partial charge >= 0.3 is 6.18 Å². The SMILES string of the molecule is O=C1CC2(CCN(C(=O)[C@@](O)(c3cc(Cl)cc(Cl)c3)C(F)(F)F)CC2)[C@H](c2ccc(F)cc2)CN1. The molecule has 2 aromatic rings. The predicted molar refractivity (Wildman–Crippen MR) is 121 cm³/mol. The minimum absolute atomic E-state index is 0.101. The summed E-state index contributed by atoms with van der Waals surface area (Å²) in [5.41, 5.74) is -4.43. The summed E-state index contributed by atoms with van der Waals surface area (Å²) in [5.74, 6) is -2.33. The number of benzene rings is 2. The summed E-state index contributed by atoms with van der Waals surface area (Å²) in [6.45, 7) is 0.0961. The second kappa shape index (κ2) is 9.26. The van der Waals surface area contributed by atoms with Crippen molar-refractivity contribution in [3.05, 3.63) is 69.5 Å². The van der Waals surface area contributed by atoms with Gasteiger partial charge in [0.25, 0.3) is 11.5 Å². The number of amides is 2. The Morgan fingerprint density at radius 1 is 1.06 bits per heavy atom. The molecule has 2 saturated heterocycles. The molecule has 11 heteroatoms. The highest BCUT2D eigenvalue weighted by atomic mass is 35.5. The third-order valence-corrected chi connectivity index (χ3v) is 7.51. The fourth-order valence-corrected chi connectivity index (χ4v) is 5.71. The minimum atomic E-state index is -5.34. The maximum atomic E-state index is 14.1. The number of rotatable bonds is 3. The molecule has 1 spiro atoms. The average Bonchev–Trinajstić information content (AvgIpc) is 2.78. The number of carbonyl (C=O) groups excluding carboxylic acids is 2. The molecule has 4 rings (SSSR count). The normalized spacial score (nSPS) is 22.0. The van der Waals surface area contributed by atoms with E-state index in [2.05, 4.69) is 5.32 Å². The minimum Gasteiger partial charge on any atom is -0.368 e. The van der Waals surface area contributed by atoms with Gasteiger partial charge in [0.2, 0.25) is 5.91 Å². The van der Waals surface area contributed by atoms with Crippen LogP contribution in [0.5, 0.6) is 0 Å². The number of alkyl halides is 3. The summed E-state index contributed by atoms with van der Waals surface area (Å²) in [6.07, 6.45) is -4.74. The lowest BCUT2D eigenvalue weighted by atomic mass is 9.62. The van der Waals surface area contributed by atoms with Gasteiger partial charge in [-0.2, -0.15) is 13.2 Å². The third kappa shape index (κ3) is 4.73. The first-order valence-corrected chi connectivity index (χ1v) is 11.7.